The number of likely N-dealkylation sites (N-methyl/N-ethyl adjacent to an activating group) is 1. The fraction of sp³-hybridized carbons (Fsp3) is 0.462. The zero-order valence-corrected chi connectivity index (χ0v) is 59.5. The number of nitrogens with one attached hydrogen (secondary N) is 3. The Hall–Kier alpha value is -8.55. The Morgan fingerprint density at radius 3 is 2.13 bits per heavy atom. The molecule has 5 aromatic rings. The van der Waals surface area contributed by atoms with Crippen LogP contribution in [0.2, 0.25) is 0 Å². The van der Waals surface area contributed by atoms with Gasteiger partial charge < -0.3 is 76.9 Å². The van der Waals surface area contributed by atoms with Crippen molar-refractivity contribution in [3.63, 3.8) is 0 Å². The molecule has 0 bridgehead atoms. The van der Waals surface area contributed by atoms with E-state index >= 15 is 8.63 Å². The van der Waals surface area contributed by atoms with Crippen LogP contribution in [-0.4, -0.2) is 229 Å². The maximum Gasteiger partial charge on any atom is 0.737 e. The number of carbonyl (C=O) groups is 4. The number of fused-ring (bicyclic) bond motifs is 2. The summed E-state index contributed by atoms with van der Waals surface area (Å²) >= 11 is 1.36. The van der Waals surface area contributed by atoms with E-state index in [4.69, 9.17) is 19.0 Å². The van der Waals surface area contributed by atoms with Crippen molar-refractivity contribution in [2.45, 2.75) is 89.5 Å². The van der Waals surface area contributed by atoms with Crippen molar-refractivity contribution in [3.8, 4) is 23.3 Å². The number of nitrogens with zero attached hydrogens (tertiary/aromatic N) is 7. The van der Waals surface area contributed by atoms with Gasteiger partial charge in [0.2, 0.25) is 29.5 Å². The zero-order chi connectivity index (χ0) is 73.5. The molecule has 3 aromatic heterocycles. The van der Waals surface area contributed by atoms with Gasteiger partial charge in [0.05, 0.1) is 95.8 Å². The van der Waals surface area contributed by atoms with E-state index < -0.39 is 110 Å². The Balaban J connectivity index is 0.932. The monoisotopic (exact) mass is 1460 g/mol. The molecule has 7 rings (SSSR count). The maximum atomic E-state index is 17.5. The van der Waals surface area contributed by atoms with Crippen molar-refractivity contribution < 1.29 is 106 Å². The fourth-order valence-electron chi connectivity index (χ4n) is 11.3. The Kier molecular flexibility index (Phi) is 27.0. The molecule has 0 aliphatic carbocycles. The van der Waals surface area contributed by atoms with Crippen molar-refractivity contribution >= 4 is 92.0 Å². The van der Waals surface area contributed by atoms with Crippen LogP contribution < -0.4 is 30.3 Å². The second kappa shape index (κ2) is 34.2. The van der Waals surface area contributed by atoms with Crippen LogP contribution in [0, 0.1) is 10.1 Å². The van der Waals surface area contributed by atoms with Gasteiger partial charge in [-0.25, -0.2) is 4.79 Å². The summed E-state index contributed by atoms with van der Waals surface area (Å²) in [6.45, 7) is -1.98. The smallest absolute Gasteiger partial charge is 0.494 e. The number of rotatable bonds is 39. The third-order valence-corrected chi connectivity index (χ3v) is 18.7. The second-order valence-corrected chi connectivity index (χ2v) is 30.5. The standard InChI is InChI=1S/C65H87BF2N10O19S3/c1-44(96-65(85)97-75-61(81)26-27-62(75)82)51-38-48(42-79)58(41-56(51)76(86)87)95-34-30-72(2)29-28-69-63(83)52(17-9-10-31-77(3,4)5)71-64(84)53(43-100(91,92)93)70-60(80)19-12-33-94-50-24-21-45(22-25-50)20-23-49-37-46(16-14-36-99(88,89)90)54-40-55-47(15-11-32-78(6,7)8)39-57(59-18-13-35-98-59)74(55)66(67,68)73(49)54/h13,18,20-27,35,37-41,44,52-53,79H,9-12,14-17,19,28-34,36,42-43H2,1-8H3,(H5-2,69,70,71,80,81,82,83,84,88,89,90,91,92,93)/p+2. The molecule has 0 spiro atoms. The molecule has 0 fully saturated rings. The summed E-state index contributed by atoms with van der Waals surface area (Å²) in [6.07, 6.45) is 6.45. The highest BCUT2D eigenvalue weighted by Gasteiger charge is 2.55. The molecule has 3 atom stereocenters. The first kappa shape index (κ1) is 78.8. The Morgan fingerprint density at radius 1 is 0.810 bits per heavy atom. The molecule has 5 heterocycles. The number of thiophene rings is 1. The molecule has 35 heteroatoms. The third kappa shape index (κ3) is 23.0. The van der Waals surface area contributed by atoms with Gasteiger partial charge in [-0.1, -0.05) is 24.3 Å². The number of carbonyl (C=O) groups excluding carboxylic acids is 4. The number of nitro groups is 1. The number of halogens is 2. The summed E-state index contributed by atoms with van der Waals surface area (Å²) in [4.78, 5) is 72.0. The number of hydrogen-bond acceptors (Lipinski definition) is 19. The van der Waals surface area contributed by atoms with Crippen LogP contribution in [0.4, 0.5) is 19.1 Å². The lowest BCUT2D eigenvalue weighted by molar-refractivity contribution is -0.870. The molecule has 0 radical (unpaired) electrons. The van der Waals surface area contributed by atoms with Crippen molar-refractivity contribution in [1.82, 2.24) is 30.1 Å². The van der Waals surface area contributed by atoms with Gasteiger partial charge in [0.25, 0.3) is 25.9 Å². The lowest BCUT2D eigenvalue weighted by Crippen LogP contribution is -2.56. The largest absolute Gasteiger partial charge is 0.737 e. The molecule has 3 amide bonds. The van der Waals surface area contributed by atoms with Crippen LogP contribution in [0.15, 0.2) is 89.5 Å². The second-order valence-electron chi connectivity index (χ2n) is 26.5. The number of quaternary nitrogens is 2. The first-order valence-electron chi connectivity index (χ1n) is 32.3. The third-order valence-electron chi connectivity index (χ3n) is 16.3. The molecular weight excluding hydrogens is 1370 g/mol. The summed E-state index contributed by atoms with van der Waals surface area (Å²) in [5.74, 6) is -5.14. The number of aryl methyl sites for hydroxylation is 1. The molecule has 2 aliphatic heterocycles. The topological polar surface area (TPSA) is 370 Å². The average Bonchev–Trinajstić information content (AvgIpc) is 1.55. The van der Waals surface area contributed by atoms with E-state index in [1.807, 2.05) is 38.7 Å². The normalized spacial score (nSPS) is 14.8. The minimum absolute atomic E-state index is 0.00549. The summed E-state index contributed by atoms with van der Waals surface area (Å²) < 4.78 is 123. The number of aromatic hydroxyl groups is 2. The van der Waals surface area contributed by atoms with Gasteiger partial charge in [0, 0.05) is 79.3 Å². The quantitative estimate of drug-likeness (QED) is 0.00425. The maximum absolute atomic E-state index is 17.5. The minimum Gasteiger partial charge on any atom is -0.494 e. The predicted octanol–water partition coefficient (Wildman–Crippen LogP) is 6.01. The van der Waals surface area contributed by atoms with Crippen molar-refractivity contribution in [3.05, 3.63) is 138 Å². The van der Waals surface area contributed by atoms with E-state index in [0.29, 0.717) is 72.7 Å². The van der Waals surface area contributed by atoms with E-state index in [1.165, 1.54) is 24.3 Å². The van der Waals surface area contributed by atoms with Gasteiger partial charge in [0.15, 0.2) is 11.4 Å². The molecule has 546 valence electrons. The SMILES string of the molecule is CC(OC(=O)On1c(O)ccc1O)c1cc(CO)c(OCCN(C)CCNC(=O)C(CCCC[N+](C)(C)C)NC(=O)C(CS(=O)(=O)O)NC(=O)CCCOc2ccc(C=Cc3cc(CCCS(=O)(=O)O)c4n3[B-](F)(F)[N+]3=C(c5cccs5)C=C(CCC[N+](C)(C)C)C3=C4)cc2)cc1[N+](=O)[O-]. The van der Waals surface area contributed by atoms with Crippen LogP contribution in [-0.2, 0) is 52.4 Å². The van der Waals surface area contributed by atoms with Gasteiger partial charge in [-0.2, -0.15) is 16.8 Å². The summed E-state index contributed by atoms with van der Waals surface area (Å²) in [5, 5.41) is 51.4. The van der Waals surface area contributed by atoms with Crippen molar-refractivity contribution in [1.29, 1.82) is 0 Å². The van der Waals surface area contributed by atoms with Crippen LogP contribution in [0.3, 0.4) is 0 Å². The number of hydrogen-bond donors (Lipinski definition) is 8. The van der Waals surface area contributed by atoms with Gasteiger partial charge in [-0.3, -0.25) is 38.4 Å². The number of aliphatic hydroxyl groups is 1. The lowest BCUT2D eigenvalue weighted by atomic mass is 9.88. The van der Waals surface area contributed by atoms with E-state index in [2.05, 4.69) is 37.1 Å². The van der Waals surface area contributed by atoms with Crippen LogP contribution in [0.1, 0.15) is 103 Å². The van der Waals surface area contributed by atoms with E-state index in [-0.39, 0.29) is 93.2 Å². The lowest BCUT2D eigenvalue weighted by Gasteiger charge is -2.31. The van der Waals surface area contributed by atoms with Gasteiger partial charge in [0.1, 0.15) is 42.0 Å². The zero-order valence-electron chi connectivity index (χ0n) is 57.0. The van der Waals surface area contributed by atoms with E-state index in [0.717, 1.165) is 45.7 Å². The highest BCUT2D eigenvalue weighted by molar-refractivity contribution is 7.86. The molecule has 2 aromatic carbocycles. The predicted molar refractivity (Wildman–Crippen MR) is 371 cm³/mol. The summed E-state index contributed by atoms with van der Waals surface area (Å²) in [5.41, 5.74) is 2.48. The molecule has 3 unspecified atom stereocenters. The number of ether oxygens (including phenoxy) is 3. The Bertz CT molecular complexity index is 4090. The number of aliphatic hydroxyl groups excluding tert-OH is 1. The summed E-state index contributed by atoms with van der Waals surface area (Å²) in [6, 6.07) is 13.2. The Labute approximate surface area is 583 Å². The van der Waals surface area contributed by atoms with E-state index in [1.54, 1.807) is 66.6 Å². The van der Waals surface area contributed by atoms with Crippen LogP contribution in [0.25, 0.3) is 18.2 Å². The van der Waals surface area contributed by atoms with Crippen LogP contribution >= 0.6 is 11.3 Å². The fourth-order valence-corrected chi connectivity index (χ4v) is 13.2. The molecule has 8 N–H and O–H groups in total. The number of nitro benzene ring substituents is 1. The van der Waals surface area contributed by atoms with Crippen LogP contribution in [0.5, 0.6) is 23.3 Å². The first-order chi connectivity index (χ1) is 46.9. The van der Waals surface area contributed by atoms with Gasteiger partial charge in [-0.05, 0) is 112 Å². The molecule has 0 saturated heterocycles. The molecular formula is C65H89BF2N10O19S3+2. The highest BCUT2D eigenvalue weighted by atomic mass is 32.2. The van der Waals surface area contributed by atoms with E-state index in [9.17, 15) is 70.6 Å². The van der Waals surface area contributed by atoms with Crippen molar-refractivity contribution in [2.24, 2.45) is 0 Å². The number of aromatic nitrogens is 2. The molecule has 0 saturated carbocycles. The number of unbranched alkanes of at least 4 members (excludes halogenated alkanes) is 1. The molecule has 2 aliphatic rings. The highest BCUT2D eigenvalue weighted by Crippen LogP contribution is 2.41. The molecule has 29 nitrogen and oxygen atoms in total. The first-order valence-corrected chi connectivity index (χ1v) is 36.4. The number of amides is 3. The van der Waals surface area contributed by atoms with Gasteiger partial charge in [-0.15, -0.1) is 16.1 Å². The number of allylic oxidation sites excluding steroid dienone is 2. The van der Waals surface area contributed by atoms with Crippen molar-refractivity contribution in [2.75, 3.05) is 107 Å². The number of benzene rings is 2. The minimum atomic E-state index is -4.87. The average molecular weight is 1460 g/mol. The van der Waals surface area contributed by atoms with Gasteiger partial charge >= 0.3 is 13.1 Å². The molecule has 100 heavy (non-hydrogen) atoms. The summed E-state index contributed by atoms with van der Waals surface area (Å²) in [7, 11) is 4.64. The Morgan fingerprint density at radius 2 is 1.50 bits per heavy atom.